The zero-order chi connectivity index (χ0) is 13.5. The van der Waals surface area contributed by atoms with Crippen molar-refractivity contribution in [2.24, 2.45) is 0 Å². The first kappa shape index (κ1) is 11.9. The van der Waals surface area contributed by atoms with Crippen molar-refractivity contribution in [1.82, 2.24) is 9.97 Å². The molecule has 4 rings (SSSR count). The first-order valence-electron chi connectivity index (χ1n) is 6.20. The van der Waals surface area contributed by atoms with Gasteiger partial charge in [-0.25, -0.2) is 9.97 Å². The van der Waals surface area contributed by atoms with Gasteiger partial charge in [-0.05, 0) is 29.1 Å². The molecule has 0 saturated heterocycles. The number of halogens is 1. The summed E-state index contributed by atoms with van der Waals surface area (Å²) in [6.07, 6.45) is 0. The van der Waals surface area contributed by atoms with Crippen LogP contribution in [0.4, 0.5) is 5.82 Å². The molecule has 1 N–H and O–H groups in total. The molecule has 0 fully saturated rings. The van der Waals surface area contributed by atoms with Crippen LogP contribution in [0.5, 0.6) is 5.75 Å². The number of rotatable bonds is 2. The molecule has 6 heteroatoms. The molecule has 20 heavy (non-hydrogen) atoms. The van der Waals surface area contributed by atoms with E-state index in [9.17, 15) is 0 Å². The number of aromatic nitrogens is 2. The van der Waals surface area contributed by atoms with Crippen molar-refractivity contribution in [3.63, 3.8) is 0 Å². The average Bonchev–Trinajstić information content (AvgIpc) is 3.06. The summed E-state index contributed by atoms with van der Waals surface area (Å²) in [7, 11) is 0. The number of benzene rings is 1. The SMILES string of the molecule is Clc1nc(NC2COc3ccccc32)c2ccsc2n1. The zero-order valence-electron chi connectivity index (χ0n) is 10.3. The Labute approximate surface area is 124 Å². The second-order valence-electron chi connectivity index (χ2n) is 4.53. The van der Waals surface area contributed by atoms with Crippen molar-refractivity contribution in [3.05, 3.63) is 46.6 Å². The second kappa shape index (κ2) is 4.61. The lowest BCUT2D eigenvalue weighted by atomic mass is 10.1. The van der Waals surface area contributed by atoms with Gasteiger partial charge >= 0.3 is 0 Å². The van der Waals surface area contributed by atoms with Gasteiger partial charge in [-0.2, -0.15) is 0 Å². The third kappa shape index (κ3) is 1.90. The minimum absolute atomic E-state index is 0.0836. The minimum atomic E-state index is 0.0836. The van der Waals surface area contributed by atoms with Crippen LogP contribution in [0.15, 0.2) is 35.7 Å². The summed E-state index contributed by atoms with van der Waals surface area (Å²) < 4.78 is 5.67. The summed E-state index contributed by atoms with van der Waals surface area (Å²) in [4.78, 5) is 9.41. The predicted octanol–water partition coefficient (Wildman–Crippen LogP) is 3.89. The molecule has 0 radical (unpaired) electrons. The number of anilines is 1. The first-order valence-corrected chi connectivity index (χ1v) is 7.46. The average molecular weight is 304 g/mol. The van der Waals surface area contributed by atoms with Gasteiger partial charge in [0.2, 0.25) is 5.28 Å². The highest BCUT2D eigenvalue weighted by molar-refractivity contribution is 7.16. The van der Waals surface area contributed by atoms with Crippen LogP contribution in [0.25, 0.3) is 10.2 Å². The Morgan fingerprint density at radius 1 is 1.25 bits per heavy atom. The van der Waals surface area contributed by atoms with E-state index >= 15 is 0 Å². The fourth-order valence-electron chi connectivity index (χ4n) is 2.39. The molecule has 100 valence electrons. The fourth-order valence-corrected chi connectivity index (χ4v) is 3.37. The highest BCUT2D eigenvalue weighted by atomic mass is 35.5. The molecule has 3 aromatic rings. The Hall–Kier alpha value is -1.85. The maximum atomic E-state index is 5.98. The van der Waals surface area contributed by atoms with Gasteiger partial charge in [-0.3, -0.25) is 0 Å². The number of hydrogen-bond donors (Lipinski definition) is 1. The van der Waals surface area contributed by atoms with Crippen LogP contribution in [-0.2, 0) is 0 Å². The largest absolute Gasteiger partial charge is 0.491 e. The maximum Gasteiger partial charge on any atom is 0.225 e. The van der Waals surface area contributed by atoms with Crippen LogP contribution in [0.1, 0.15) is 11.6 Å². The molecular formula is C14H10ClN3OS. The van der Waals surface area contributed by atoms with E-state index in [1.165, 1.54) is 0 Å². The smallest absolute Gasteiger partial charge is 0.225 e. The van der Waals surface area contributed by atoms with Gasteiger partial charge in [0.15, 0.2) is 0 Å². The summed E-state index contributed by atoms with van der Waals surface area (Å²) in [5.41, 5.74) is 1.14. The normalized spacial score (nSPS) is 16.9. The van der Waals surface area contributed by atoms with Gasteiger partial charge in [-0.1, -0.05) is 18.2 Å². The van der Waals surface area contributed by atoms with Crippen molar-refractivity contribution >= 4 is 39.0 Å². The highest BCUT2D eigenvalue weighted by Gasteiger charge is 2.24. The van der Waals surface area contributed by atoms with E-state index in [0.717, 1.165) is 27.3 Å². The first-order chi connectivity index (χ1) is 9.81. The number of nitrogens with zero attached hydrogens (tertiary/aromatic N) is 2. The van der Waals surface area contributed by atoms with Crippen LogP contribution < -0.4 is 10.1 Å². The molecule has 3 heterocycles. The molecule has 0 saturated carbocycles. The predicted molar refractivity (Wildman–Crippen MR) is 80.7 cm³/mol. The number of para-hydroxylation sites is 1. The Morgan fingerprint density at radius 3 is 3.10 bits per heavy atom. The molecule has 1 aromatic carbocycles. The topological polar surface area (TPSA) is 47.0 Å². The summed E-state index contributed by atoms with van der Waals surface area (Å²) in [6, 6.07) is 10.1. The van der Waals surface area contributed by atoms with Crippen molar-refractivity contribution in [2.75, 3.05) is 11.9 Å². The second-order valence-corrected chi connectivity index (χ2v) is 5.76. The van der Waals surface area contributed by atoms with E-state index in [4.69, 9.17) is 16.3 Å². The third-order valence-electron chi connectivity index (χ3n) is 3.31. The van der Waals surface area contributed by atoms with Crippen molar-refractivity contribution in [1.29, 1.82) is 0 Å². The zero-order valence-corrected chi connectivity index (χ0v) is 11.9. The summed E-state index contributed by atoms with van der Waals surface area (Å²) >= 11 is 7.53. The molecule has 0 spiro atoms. The summed E-state index contributed by atoms with van der Waals surface area (Å²) in [6.45, 7) is 0.590. The standard InChI is InChI=1S/C14H10ClN3OS/c15-14-17-12(9-5-6-20-13(9)18-14)16-10-7-19-11-4-2-1-3-8(10)11/h1-6,10H,7H2,(H,16,17,18). The molecule has 0 amide bonds. The number of thiophene rings is 1. The van der Waals surface area contributed by atoms with Crippen LogP contribution in [-0.4, -0.2) is 16.6 Å². The molecule has 1 unspecified atom stereocenters. The molecule has 0 aliphatic carbocycles. The summed E-state index contributed by atoms with van der Waals surface area (Å²) in [5, 5.41) is 6.65. The third-order valence-corrected chi connectivity index (χ3v) is 4.28. The van der Waals surface area contributed by atoms with Gasteiger partial charge in [0.25, 0.3) is 0 Å². The maximum absolute atomic E-state index is 5.98. The summed E-state index contributed by atoms with van der Waals surface area (Å²) in [5.74, 6) is 1.68. The van der Waals surface area contributed by atoms with E-state index in [1.54, 1.807) is 11.3 Å². The van der Waals surface area contributed by atoms with Crippen molar-refractivity contribution in [3.8, 4) is 5.75 Å². The molecule has 1 aliphatic rings. The number of fused-ring (bicyclic) bond motifs is 2. The number of nitrogens with one attached hydrogen (secondary N) is 1. The Balaban J connectivity index is 1.74. The van der Waals surface area contributed by atoms with E-state index < -0.39 is 0 Å². The highest BCUT2D eigenvalue weighted by Crippen LogP contribution is 2.35. The van der Waals surface area contributed by atoms with E-state index in [1.807, 2.05) is 29.6 Å². The lowest BCUT2D eigenvalue weighted by Gasteiger charge is -2.13. The molecule has 2 aromatic heterocycles. The van der Waals surface area contributed by atoms with Crippen molar-refractivity contribution in [2.45, 2.75) is 6.04 Å². The minimum Gasteiger partial charge on any atom is -0.491 e. The molecule has 4 nitrogen and oxygen atoms in total. The van der Waals surface area contributed by atoms with E-state index in [0.29, 0.717) is 6.61 Å². The molecule has 1 atom stereocenters. The van der Waals surface area contributed by atoms with Crippen LogP contribution in [0.3, 0.4) is 0 Å². The molecular weight excluding hydrogens is 294 g/mol. The van der Waals surface area contributed by atoms with Crippen molar-refractivity contribution < 1.29 is 4.74 Å². The van der Waals surface area contributed by atoms with Gasteiger partial charge in [0.05, 0.1) is 11.4 Å². The lowest BCUT2D eigenvalue weighted by molar-refractivity contribution is 0.339. The molecule has 0 bridgehead atoms. The van der Waals surface area contributed by atoms with E-state index in [2.05, 4.69) is 21.4 Å². The van der Waals surface area contributed by atoms with Gasteiger partial charge < -0.3 is 10.1 Å². The number of ether oxygens (including phenoxy) is 1. The Kier molecular flexibility index (Phi) is 2.75. The van der Waals surface area contributed by atoms with Gasteiger partial charge in [0.1, 0.15) is 23.0 Å². The quantitative estimate of drug-likeness (QED) is 0.730. The van der Waals surface area contributed by atoms with Crippen LogP contribution >= 0.6 is 22.9 Å². The van der Waals surface area contributed by atoms with Gasteiger partial charge in [-0.15, -0.1) is 11.3 Å². The van der Waals surface area contributed by atoms with E-state index in [-0.39, 0.29) is 11.3 Å². The molecule has 1 aliphatic heterocycles. The monoisotopic (exact) mass is 303 g/mol. The van der Waals surface area contributed by atoms with Crippen LogP contribution in [0.2, 0.25) is 5.28 Å². The Morgan fingerprint density at radius 2 is 2.15 bits per heavy atom. The Bertz CT molecular complexity index is 789. The van der Waals surface area contributed by atoms with Crippen LogP contribution in [0, 0.1) is 0 Å². The van der Waals surface area contributed by atoms with Gasteiger partial charge in [0, 0.05) is 5.56 Å². The number of hydrogen-bond acceptors (Lipinski definition) is 5. The lowest BCUT2D eigenvalue weighted by Crippen LogP contribution is -2.13. The fraction of sp³-hybridized carbons (Fsp3) is 0.143.